The molecular weight excluding hydrogens is 425 g/mol. The van der Waals surface area contributed by atoms with Crippen molar-refractivity contribution in [2.24, 2.45) is 11.8 Å². The van der Waals surface area contributed by atoms with E-state index in [4.69, 9.17) is 0 Å². The first-order valence-electron chi connectivity index (χ1n) is 10.2. The van der Waals surface area contributed by atoms with Gasteiger partial charge in [-0.15, -0.1) is 0 Å². The molecule has 4 nitrogen and oxygen atoms in total. The minimum absolute atomic E-state index is 0.0475. The molecule has 1 aliphatic rings. The summed E-state index contributed by atoms with van der Waals surface area (Å²) in [5, 5.41) is 11.0. The molecule has 1 aromatic heterocycles. The Morgan fingerprint density at radius 2 is 1.90 bits per heavy atom. The zero-order chi connectivity index (χ0) is 22.8. The molecule has 0 radical (unpaired) electrons. The van der Waals surface area contributed by atoms with Gasteiger partial charge in [0.25, 0.3) is 0 Å². The van der Waals surface area contributed by atoms with E-state index >= 15 is 0 Å². The third-order valence-corrected chi connectivity index (χ3v) is 6.78. The third kappa shape index (κ3) is 5.47. The van der Waals surface area contributed by atoms with E-state index in [9.17, 15) is 23.1 Å². The zero-order valence-corrected chi connectivity index (χ0v) is 18.5. The van der Waals surface area contributed by atoms with Gasteiger partial charge in [-0.1, -0.05) is 49.4 Å². The van der Waals surface area contributed by atoms with E-state index in [0.29, 0.717) is 24.2 Å². The van der Waals surface area contributed by atoms with E-state index < -0.39 is 11.7 Å². The minimum atomic E-state index is -4.46. The second-order valence-electron chi connectivity index (χ2n) is 7.97. The maximum atomic E-state index is 12.9. The minimum Gasteiger partial charge on any atom is -0.512 e. The van der Waals surface area contributed by atoms with Crippen molar-refractivity contribution in [3.05, 3.63) is 58.6 Å². The number of carbonyl (C=O) groups excluding carboxylic acids is 1. The highest BCUT2D eigenvalue weighted by molar-refractivity contribution is 7.99. The number of alkyl halides is 3. The number of Topliss-reactive ketones (excluding diaryl/α,β-unsaturated/α-hetero) is 1. The fourth-order valence-electron chi connectivity index (χ4n) is 3.77. The molecule has 31 heavy (non-hydrogen) atoms. The average molecular weight is 451 g/mol. The number of aliphatic hydroxyl groups excluding tert-OH is 1. The maximum Gasteiger partial charge on any atom is 0.419 e. The van der Waals surface area contributed by atoms with Crippen LogP contribution in [0.4, 0.5) is 13.2 Å². The molecule has 166 valence electrons. The number of rotatable bonds is 6. The van der Waals surface area contributed by atoms with Gasteiger partial charge in [0.05, 0.1) is 11.1 Å². The van der Waals surface area contributed by atoms with Gasteiger partial charge in [-0.2, -0.15) is 13.2 Å². The molecule has 3 rings (SSSR count). The van der Waals surface area contributed by atoms with E-state index in [1.807, 2.05) is 39.0 Å². The molecule has 1 aliphatic carbocycles. The predicted octanol–water partition coefficient (Wildman–Crippen LogP) is 6.04. The van der Waals surface area contributed by atoms with Crippen LogP contribution in [0.1, 0.15) is 48.9 Å². The standard InChI is InChI=1S/C23H25F3N2O2S/c1-4-15-7-13(2)5-6-18(15)21-19(29)8-16(9-20(21)30)14(3)12-31-22-27-10-17(11-28-22)23(24,25)26/h5-7,10-11,14,16,29H,4,8-9,12H2,1-3H3. The van der Waals surface area contributed by atoms with Crippen LogP contribution in [0.2, 0.25) is 0 Å². The first-order chi connectivity index (χ1) is 14.6. The number of aromatic nitrogens is 2. The van der Waals surface area contributed by atoms with E-state index in [-0.39, 0.29) is 28.5 Å². The molecule has 1 aromatic carbocycles. The molecule has 8 heteroatoms. The van der Waals surface area contributed by atoms with Crippen LogP contribution >= 0.6 is 11.8 Å². The van der Waals surface area contributed by atoms with Crippen molar-refractivity contribution in [1.82, 2.24) is 9.97 Å². The van der Waals surface area contributed by atoms with E-state index in [2.05, 4.69) is 9.97 Å². The third-order valence-electron chi connectivity index (χ3n) is 5.62. The molecule has 0 amide bonds. The maximum absolute atomic E-state index is 12.9. The van der Waals surface area contributed by atoms with Crippen molar-refractivity contribution < 1.29 is 23.1 Å². The second kappa shape index (κ2) is 9.42. The number of benzene rings is 1. The van der Waals surface area contributed by atoms with Crippen molar-refractivity contribution in [2.75, 3.05) is 5.75 Å². The quantitative estimate of drug-likeness (QED) is 0.429. The topological polar surface area (TPSA) is 63.1 Å². The molecule has 0 saturated heterocycles. The zero-order valence-electron chi connectivity index (χ0n) is 17.7. The monoisotopic (exact) mass is 450 g/mol. The first-order valence-corrected chi connectivity index (χ1v) is 11.2. The van der Waals surface area contributed by atoms with Crippen LogP contribution in [0, 0.1) is 18.8 Å². The van der Waals surface area contributed by atoms with Gasteiger partial charge in [0.2, 0.25) is 0 Å². The highest BCUT2D eigenvalue weighted by atomic mass is 32.2. The Bertz CT molecular complexity index is 987. The van der Waals surface area contributed by atoms with E-state index in [1.165, 1.54) is 11.8 Å². The van der Waals surface area contributed by atoms with Gasteiger partial charge < -0.3 is 5.11 Å². The summed E-state index contributed by atoms with van der Waals surface area (Å²) >= 11 is 1.25. The van der Waals surface area contributed by atoms with Crippen molar-refractivity contribution in [3.8, 4) is 0 Å². The number of carbonyl (C=O) groups is 1. The number of hydrogen-bond donors (Lipinski definition) is 1. The summed E-state index contributed by atoms with van der Waals surface area (Å²) in [4.78, 5) is 20.5. The summed E-state index contributed by atoms with van der Waals surface area (Å²) in [5.41, 5.74) is 2.48. The van der Waals surface area contributed by atoms with Crippen molar-refractivity contribution in [3.63, 3.8) is 0 Å². The van der Waals surface area contributed by atoms with Gasteiger partial charge in [-0.25, -0.2) is 9.97 Å². The fraction of sp³-hybridized carbons (Fsp3) is 0.435. The molecule has 0 spiro atoms. The molecule has 2 unspecified atom stereocenters. The average Bonchev–Trinajstić information content (AvgIpc) is 2.72. The molecule has 0 fully saturated rings. The Morgan fingerprint density at radius 1 is 1.23 bits per heavy atom. The highest BCUT2D eigenvalue weighted by Crippen LogP contribution is 2.38. The smallest absolute Gasteiger partial charge is 0.419 e. The molecular formula is C23H25F3N2O2S. The summed E-state index contributed by atoms with van der Waals surface area (Å²) in [6, 6.07) is 5.88. The molecule has 0 aliphatic heterocycles. The Kier molecular flexibility index (Phi) is 7.09. The number of aliphatic hydroxyl groups is 1. The van der Waals surface area contributed by atoms with Gasteiger partial charge in [-0.3, -0.25) is 4.79 Å². The Hall–Kier alpha value is -2.35. The summed E-state index contributed by atoms with van der Waals surface area (Å²) < 4.78 is 37.9. The van der Waals surface area contributed by atoms with Gasteiger partial charge in [0.15, 0.2) is 10.9 Å². The number of aryl methyl sites for hydroxylation is 2. The number of halogens is 3. The molecule has 0 saturated carbocycles. The van der Waals surface area contributed by atoms with Gasteiger partial charge in [-0.05, 0) is 36.3 Å². The van der Waals surface area contributed by atoms with Crippen molar-refractivity contribution in [1.29, 1.82) is 0 Å². The Morgan fingerprint density at radius 3 is 2.48 bits per heavy atom. The van der Waals surface area contributed by atoms with Crippen LogP contribution in [0.25, 0.3) is 5.57 Å². The summed E-state index contributed by atoms with van der Waals surface area (Å²) in [6.07, 6.45) is -1.42. The lowest BCUT2D eigenvalue weighted by Crippen LogP contribution is -2.25. The first kappa shape index (κ1) is 23.3. The lowest BCUT2D eigenvalue weighted by atomic mass is 9.78. The van der Waals surface area contributed by atoms with Crippen molar-refractivity contribution in [2.45, 2.75) is 51.4 Å². The fourth-order valence-corrected chi connectivity index (χ4v) is 4.71. The predicted molar refractivity (Wildman–Crippen MR) is 115 cm³/mol. The van der Waals surface area contributed by atoms with Crippen LogP contribution in [-0.2, 0) is 17.4 Å². The highest BCUT2D eigenvalue weighted by Gasteiger charge is 2.33. The van der Waals surface area contributed by atoms with Gasteiger partial charge in [0.1, 0.15) is 5.76 Å². The van der Waals surface area contributed by atoms with E-state index in [0.717, 1.165) is 35.5 Å². The van der Waals surface area contributed by atoms with Crippen LogP contribution < -0.4 is 0 Å². The normalized spacial score (nSPS) is 18.4. The van der Waals surface area contributed by atoms with Gasteiger partial charge in [0, 0.05) is 31.0 Å². The number of hydrogen-bond acceptors (Lipinski definition) is 5. The largest absolute Gasteiger partial charge is 0.512 e. The number of ketones is 1. The molecule has 1 N–H and O–H groups in total. The summed E-state index contributed by atoms with van der Waals surface area (Å²) in [5.74, 6) is 0.578. The van der Waals surface area contributed by atoms with Crippen LogP contribution in [0.15, 0.2) is 41.5 Å². The Labute approximate surface area is 184 Å². The summed E-state index contributed by atoms with van der Waals surface area (Å²) in [7, 11) is 0. The lowest BCUT2D eigenvalue weighted by molar-refractivity contribution is -0.138. The molecule has 2 aromatic rings. The molecule has 0 bridgehead atoms. The lowest BCUT2D eigenvalue weighted by Gasteiger charge is -2.28. The SMILES string of the molecule is CCc1cc(C)ccc1C1=C(O)CC(C(C)CSc2ncc(C(F)(F)F)cn2)CC1=O. The molecule has 2 atom stereocenters. The van der Waals surface area contributed by atoms with Crippen LogP contribution in [0.3, 0.4) is 0 Å². The van der Waals surface area contributed by atoms with Crippen LogP contribution in [0.5, 0.6) is 0 Å². The second-order valence-corrected chi connectivity index (χ2v) is 8.95. The van der Waals surface area contributed by atoms with E-state index in [1.54, 1.807) is 0 Å². The van der Waals surface area contributed by atoms with Crippen LogP contribution in [-0.4, -0.2) is 26.6 Å². The number of thioether (sulfide) groups is 1. The van der Waals surface area contributed by atoms with Crippen molar-refractivity contribution >= 4 is 23.1 Å². The Balaban J connectivity index is 1.68. The molecule has 1 heterocycles. The summed E-state index contributed by atoms with van der Waals surface area (Å²) in [6.45, 7) is 5.99. The number of nitrogens with zero attached hydrogens (tertiary/aromatic N) is 2. The number of allylic oxidation sites excluding steroid dienone is 2. The van der Waals surface area contributed by atoms with Gasteiger partial charge >= 0.3 is 6.18 Å².